The molecule has 0 aromatic heterocycles. The van der Waals surface area contributed by atoms with Crippen LogP contribution in [0.3, 0.4) is 0 Å². The fraction of sp³-hybridized carbons (Fsp3) is 0.0435. The summed E-state index contributed by atoms with van der Waals surface area (Å²) >= 11 is 12.2. The van der Waals surface area contributed by atoms with E-state index < -0.39 is 5.97 Å². The SMILES string of the molecule is COc1ccccc1C(=O)Oc1ccc2c(c1)O/C(=C\c1cccc(Cl)c1Cl)C2=O. The lowest BCUT2D eigenvalue weighted by atomic mass is 10.1. The van der Waals surface area contributed by atoms with E-state index in [1.165, 1.54) is 25.3 Å². The number of carbonyl (C=O) groups excluding carboxylic acids is 2. The molecule has 0 fully saturated rings. The minimum Gasteiger partial charge on any atom is -0.496 e. The van der Waals surface area contributed by atoms with Crippen molar-refractivity contribution in [1.29, 1.82) is 0 Å². The Morgan fingerprint density at radius 2 is 1.83 bits per heavy atom. The summed E-state index contributed by atoms with van der Waals surface area (Å²) in [6, 6.07) is 16.4. The molecule has 1 aliphatic rings. The van der Waals surface area contributed by atoms with Crippen LogP contribution in [0, 0.1) is 0 Å². The van der Waals surface area contributed by atoms with E-state index in [-0.39, 0.29) is 28.6 Å². The fourth-order valence-electron chi connectivity index (χ4n) is 2.98. The minimum atomic E-state index is -0.585. The van der Waals surface area contributed by atoms with Crippen molar-refractivity contribution in [3.8, 4) is 17.2 Å². The third-order valence-electron chi connectivity index (χ3n) is 4.45. The topological polar surface area (TPSA) is 61.8 Å². The van der Waals surface area contributed by atoms with Crippen molar-refractivity contribution in [3.63, 3.8) is 0 Å². The molecule has 3 aromatic carbocycles. The molecule has 1 heterocycles. The van der Waals surface area contributed by atoms with Crippen LogP contribution in [0.15, 0.2) is 66.4 Å². The van der Waals surface area contributed by atoms with E-state index >= 15 is 0 Å². The smallest absolute Gasteiger partial charge is 0.347 e. The van der Waals surface area contributed by atoms with Gasteiger partial charge in [0.25, 0.3) is 0 Å². The summed E-state index contributed by atoms with van der Waals surface area (Å²) in [6.07, 6.45) is 1.52. The van der Waals surface area contributed by atoms with Gasteiger partial charge in [-0.15, -0.1) is 0 Å². The second-order valence-electron chi connectivity index (χ2n) is 6.33. The number of carbonyl (C=O) groups is 2. The first kappa shape index (κ1) is 20.0. The van der Waals surface area contributed by atoms with E-state index in [0.29, 0.717) is 26.9 Å². The van der Waals surface area contributed by atoms with Crippen LogP contribution in [0.25, 0.3) is 6.08 Å². The standard InChI is InChI=1S/C23H14Cl2O5/c1-28-18-8-3-2-6-16(18)23(27)29-14-9-10-15-19(12-14)30-20(22(15)26)11-13-5-4-7-17(24)21(13)25/h2-12H,1H3/b20-11-. The predicted octanol–water partition coefficient (Wildman–Crippen LogP) is 5.84. The number of hydrogen-bond donors (Lipinski definition) is 0. The Labute approximate surface area is 182 Å². The normalized spacial score (nSPS) is 13.7. The number of rotatable bonds is 4. The van der Waals surface area contributed by atoms with Gasteiger partial charge in [-0.3, -0.25) is 4.79 Å². The van der Waals surface area contributed by atoms with Gasteiger partial charge >= 0.3 is 5.97 Å². The maximum Gasteiger partial charge on any atom is 0.347 e. The number of Topliss-reactive ketones (excluding diaryl/α,β-unsaturated/α-hetero) is 1. The average molecular weight is 441 g/mol. The number of benzene rings is 3. The van der Waals surface area contributed by atoms with Gasteiger partial charge in [-0.1, -0.05) is 47.5 Å². The van der Waals surface area contributed by atoms with Crippen molar-refractivity contribution in [2.45, 2.75) is 0 Å². The van der Waals surface area contributed by atoms with Gasteiger partial charge in [0.1, 0.15) is 22.8 Å². The molecular weight excluding hydrogens is 427 g/mol. The molecule has 0 saturated carbocycles. The van der Waals surface area contributed by atoms with Gasteiger partial charge in [-0.25, -0.2) is 4.79 Å². The Bertz CT molecular complexity index is 1200. The van der Waals surface area contributed by atoms with Gasteiger partial charge < -0.3 is 14.2 Å². The van der Waals surface area contributed by atoms with Crippen LogP contribution < -0.4 is 14.2 Å². The lowest BCUT2D eigenvalue weighted by Crippen LogP contribution is -2.10. The number of halogens is 2. The number of ether oxygens (including phenoxy) is 3. The summed E-state index contributed by atoms with van der Waals surface area (Å²) in [5, 5.41) is 0.699. The van der Waals surface area contributed by atoms with Gasteiger partial charge in [0.05, 0.1) is 22.7 Å². The maximum absolute atomic E-state index is 12.6. The summed E-state index contributed by atoms with van der Waals surface area (Å²) in [5.41, 5.74) is 1.20. The van der Waals surface area contributed by atoms with Gasteiger partial charge in [0.2, 0.25) is 5.78 Å². The van der Waals surface area contributed by atoms with E-state index in [2.05, 4.69) is 0 Å². The molecule has 0 amide bonds. The van der Waals surface area contributed by atoms with Gasteiger partial charge in [-0.05, 0) is 42.0 Å². The van der Waals surface area contributed by atoms with Crippen LogP contribution >= 0.6 is 23.2 Å². The Hall–Kier alpha value is -3.28. The maximum atomic E-state index is 12.6. The molecule has 0 unspecified atom stereocenters. The first-order valence-corrected chi connectivity index (χ1v) is 9.61. The third kappa shape index (κ3) is 3.77. The van der Waals surface area contributed by atoms with Crippen LogP contribution in [-0.4, -0.2) is 18.9 Å². The Kier molecular flexibility index (Phi) is 5.48. The first-order valence-electron chi connectivity index (χ1n) is 8.85. The number of ketones is 1. The largest absolute Gasteiger partial charge is 0.496 e. The predicted molar refractivity (Wildman–Crippen MR) is 114 cm³/mol. The zero-order valence-electron chi connectivity index (χ0n) is 15.6. The second kappa shape index (κ2) is 8.22. The van der Waals surface area contributed by atoms with Crippen molar-refractivity contribution in [2.75, 3.05) is 7.11 Å². The van der Waals surface area contributed by atoms with E-state index in [4.69, 9.17) is 37.4 Å². The fourth-order valence-corrected chi connectivity index (χ4v) is 3.34. The Morgan fingerprint density at radius 3 is 2.63 bits per heavy atom. The summed E-state index contributed by atoms with van der Waals surface area (Å²) in [5.74, 6) is 0.136. The summed E-state index contributed by atoms with van der Waals surface area (Å²) < 4.78 is 16.3. The molecule has 0 atom stereocenters. The average Bonchev–Trinajstić information content (AvgIpc) is 3.06. The highest BCUT2D eigenvalue weighted by molar-refractivity contribution is 6.43. The lowest BCUT2D eigenvalue weighted by Gasteiger charge is -2.08. The van der Waals surface area contributed by atoms with Crippen molar-refractivity contribution in [3.05, 3.63) is 93.2 Å². The van der Waals surface area contributed by atoms with Crippen molar-refractivity contribution in [2.24, 2.45) is 0 Å². The summed E-state index contributed by atoms with van der Waals surface area (Å²) in [7, 11) is 1.47. The molecule has 7 heteroatoms. The second-order valence-corrected chi connectivity index (χ2v) is 7.12. The quantitative estimate of drug-likeness (QED) is 0.289. The molecule has 0 bridgehead atoms. The zero-order valence-corrected chi connectivity index (χ0v) is 17.2. The van der Waals surface area contributed by atoms with Crippen LogP contribution in [-0.2, 0) is 0 Å². The van der Waals surface area contributed by atoms with Gasteiger partial charge in [-0.2, -0.15) is 0 Å². The van der Waals surface area contributed by atoms with Crippen LogP contribution in [0.4, 0.5) is 0 Å². The molecule has 5 nitrogen and oxygen atoms in total. The molecule has 4 rings (SSSR count). The summed E-state index contributed by atoms with van der Waals surface area (Å²) in [4.78, 5) is 25.1. The molecular formula is C23H14Cl2O5. The van der Waals surface area contributed by atoms with Gasteiger partial charge in [0.15, 0.2) is 5.76 Å². The number of hydrogen-bond acceptors (Lipinski definition) is 5. The minimum absolute atomic E-state index is 0.0994. The molecule has 3 aromatic rings. The number of para-hydroxylation sites is 1. The molecule has 0 N–H and O–H groups in total. The molecule has 0 radical (unpaired) electrons. The van der Waals surface area contributed by atoms with E-state index in [1.54, 1.807) is 48.5 Å². The van der Waals surface area contributed by atoms with Crippen molar-refractivity contribution >= 4 is 41.0 Å². The van der Waals surface area contributed by atoms with Crippen LogP contribution in [0.5, 0.6) is 17.2 Å². The molecule has 0 aliphatic carbocycles. The molecule has 1 aliphatic heterocycles. The highest BCUT2D eigenvalue weighted by Crippen LogP contribution is 2.36. The summed E-state index contributed by atoms with van der Waals surface area (Å²) in [6.45, 7) is 0. The molecule has 0 saturated heterocycles. The van der Waals surface area contributed by atoms with Gasteiger partial charge in [0, 0.05) is 6.07 Å². The number of fused-ring (bicyclic) bond motifs is 1. The van der Waals surface area contributed by atoms with Crippen molar-refractivity contribution in [1.82, 2.24) is 0 Å². The Morgan fingerprint density at radius 1 is 1.03 bits per heavy atom. The monoisotopic (exact) mass is 440 g/mol. The highest BCUT2D eigenvalue weighted by Gasteiger charge is 2.28. The molecule has 150 valence electrons. The zero-order chi connectivity index (χ0) is 21.3. The van der Waals surface area contributed by atoms with E-state index in [1.807, 2.05) is 0 Å². The molecule has 30 heavy (non-hydrogen) atoms. The van der Waals surface area contributed by atoms with E-state index in [9.17, 15) is 9.59 Å². The van der Waals surface area contributed by atoms with Crippen LogP contribution in [0.1, 0.15) is 26.3 Å². The van der Waals surface area contributed by atoms with Crippen molar-refractivity contribution < 1.29 is 23.8 Å². The third-order valence-corrected chi connectivity index (χ3v) is 5.28. The molecule has 0 spiro atoms. The number of allylic oxidation sites excluding steroid dienone is 1. The van der Waals surface area contributed by atoms with E-state index in [0.717, 1.165) is 0 Å². The first-order chi connectivity index (χ1) is 14.5. The van der Waals surface area contributed by atoms with Crippen LogP contribution in [0.2, 0.25) is 10.0 Å². The number of methoxy groups -OCH3 is 1. The lowest BCUT2D eigenvalue weighted by molar-refractivity contribution is 0.0731. The highest BCUT2D eigenvalue weighted by atomic mass is 35.5. The number of esters is 1. The Balaban J connectivity index is 1.58.